The molecule has 0 aliphatic carbocycles. The van der Waals surface area contributed by atoms with Crippen LogP contribution in [0.25, 0.3) is 0 Å². The van der Waals surface area contributed by atoms with Crippen molar-refractivity contribution in [3.63, 3.8) is 0 Å². The van der Waals surface area contributed by atoms with Crippen LogP contribution in [0.1, 0.15) is 50.3 Å². The smallest absolute Gasteiger partial charge is 0.320 e. The minimum atomic E-state index is -4.58. The number of anilines is 1. The van der Waals surface area contributed by atoms with Crippen molar-refractivity contribution < 1.29 is 18.0 Å². The Morgan fingerprint density at radius 3 is 2.04 bits per heavy atom. The second kappa shape index (κ2) is 11.1. The lowest BCUT2D eigenvalue weighted by Crippen LogP contribution is -2.16. The molecule has 0 unspecified atom stereocenters. The second-order valence-corrected chi connectivity index (χ2v) is 4.18. The number of amides is 1. The van der Waals surface area contributed by atoms with E-state index in [9.17, 15) is 18.0 Å². The number of pyridine rings is 1. The third kappa shape index (κ3) is 7.66. The highest BCUT2D eigenvalue weighted by Crippen LogP contribution is 2.26. The first-order valence-electron chi connectivity index (χ1n) is 7.49. The van der Waals surface area contributed by atoms with Crippen molar-refractivity contribution in [1.82, 2.24) is 15.0 Å². The molecule has 132 valence electrons. The van der Waals surface area contributed by atoms with Gasteiger partial charge in [-0.05, 0) is 12.1 Å². The number of nitrogens with zero attached hydrogens (tertiary/aromatic N) is 3. The molecule has 0 aliphatic rings. The minimum Gasteiger partial charge on any atom is -0.320 e. The number of hydrogen-bond donors (Lipinski definition) is 1. The van der Waals surface area contributed by atoms with Gasteiger partial charge >= 0.3 is 6.18 Å². The first-order chi connectivity index (χ1) is 11.4. The highest BCUT2D eigenvalue weighted by Gasteiger charge is 2.33. The van der Waals surface area contributed by atoms with E-state index in [1.54, 1.807) is 0 Å². The number of nitrogens with one attached hydrogen (secondary N) is 1. The predicted molar refractivity (Wildman–Crippen MR) is 86.5 cm³/mol. The fraction of sp³-hybridized carbons (Fsp3) is 0.375. The van der Waals surface area contributed by atoms with Gasteiger partial charge in [0.1, 0.15) is 5.69 Å². The van der Waals surface area contributed by atoms with Crippen molar-refractivity contribution >= 4 is 11.6 Å². The van der Waals surface area contributed by atoms with E-state index in [0.29, 0.717) is 11.9 Å². The van der Waals surface area contributed by atoms with Crippen molar-refractivity contribution in [2.24, 2.45) is 0 Å². The van der Waals surface area contributed by atoms with E-state index in [1.165, 1.54) is 30.9 Å². The van der Waals surface area contributed by atoms with Crippen molar-refractivity contribution in [3.05, 3.63) is 48.3 Å². The van der Waals surface area contributed by atoms with Crippen molar-refractivity contribution in [3.8, 4) is 0 Å². The maximum atomic E-state index is 12.3. The Morgan fingerprint density at radius 1 is 1.08 bits per heavy atom. The van der Waals surface area contributed by atoms with E-state index < -0.39 is 17.8 Å². The molecule has 0 atom stereocenters. The Kier molecular flexibility index (Phi) is 9.93. The molecule has 1 N–H and O–H groups in total. The summed E-state index contributed by atoms with van der Waals surface area (Å²) in [7, 11) is 0. The van der Waals surface area contributed by atoms with Gasteiger partial charge in [-0.3, -0.25) is 9.78 Å². The molecule has 0 saturated heterocycles. The van der Waals surface area contributed by atoms with E-state index in [1.807, 2.05) is 13.8 Å². The summed E-state index contributed by atoms with van der Waals surface area (Å²) in [6, 6.07) is 3.07. The van der Waals surface area contributed by atoms with Crippen LogP contribution in [-0.4, -0.2) is 20.9 Å². The summed E-state index contributed by atoms with van der Waals surface area (Å²) in [6.45, 7) is 8.25. The van der Waals surface area contributed by atoms with E-state index in [4.69, 9.17) is 0 Å². The van der Waals surface area contributed by atoms with Gasteiger partial charge in [0.15, 0.2) is 5.69 Å². The molecule has 2 heterocycles. The molecule has 2 aromatic rings. The van der Waals surface area contributed by atoms with Crippen LogP contribution in [-0.2, 0) is 6.18 Å². The molecule has 2 rings (SSSR count). The first kappa shape index (κ1) is 21.5. The summed E-state index contributed by atoms with van der Waals surface area (Å²) in [4.78, 5) is 22.0. The summed E-state index contributed by atoms with van der Waals surface area (Å²) in [5.41, 5.74) is -0.889. The number of carbonyl (C=O) groups is 1. The standard InChI is InChI=1S/C11H7F3N4O.C3H8.C2H6/c12-11(13,14)9-6-16-8(5-17-9)10(19)18-7-1-3-15-4-2-7;1-3-2;1-2/h1-6H,(H,15,18,19);3H2,1-2H3;1-2H3. The van der Waals surface area contributed by atoms with Crippen LogP contribution in [0.4, 0.5) is 18.9 Å². The first-order valence-corrected chi connectivity index (χ1v) is 7.49. The summed E-state index contributed by atoms with van der Waals surface area (Å²) < 4.78 is 36.8. The average molecular weight is 342 g/mol. The summed E-state index contributed by atoms with van der Waals surface area (Å²) in [5.74, 6) is -0.646. The Labute approximate surface area is 139 Å². The lowest BCUT2D eigenvalue weighted by molar-refractivity contribution is -0.141. The molecule has 0 radical (unpaired) electrons. The van der Waals surface area contributed by atoms with E-state index >= 15 is 0 Å². The SMILES string of the molecule is CC.CCC.O=C(Nc1ccncc1)c1cnc(C(F)(F)F)cn1. The second-order valence-electron chi connectivity index (χ2n) is 4.18. The van der Waals surface area contributed by atoms with Crippen LogP contribution in [0.15, 0.2) is 36.9 Å². The van der Waals surface area contributed by atoms with Crippen LogP contribution in [0.2, 0.25) is 0 Å². The molecular weight excluding hydrogens is 321 g/mol. The molecule has 2 aromatic heterocycles. The Morgan fingerprint density at radius 2 is 1.62 bits per heavy atom. The van der Waals surface area contributed by atoms with Crippen LogP contribution < -0.4 is 5.32 Å². The predicted octanol–water partition coefficient (Wildman–Crippen LogP) is 4.59. The van der Waals surface area contributed by atoms with Gasteiger partial charge in [-0.2, -0.15) is 13.2 Å². The number of halogens is 3. The molecule has 0 aromatic carbocycles. The van der Waals surface area contributed by atoms with Gasteiger partial charge in [-0.1, -0.05) is 34.1 Å². The van der Waals surface area contributed by atoms with Crippen molar-refractivity contribution in [2.45, 2.75) is 40.3 Å². The van der Waals surface area contributed by atoms with E-state index in [0.717, 1.165) is 6.20 Å². The third-order valence-electron chi connectivity index (χ3n) is 2.11. The van der Waals surface area contributed by atoms with Gasteiger partial charge in [0.05, 0.1) is 12.4 Å². The maximum Gasteiger partial charge on any atom is 0.434 e. The summed E-state index contributed by atoms with van der Waals surface area (Å²) >= 11 is 0. The molecule has 0 saturated carbocycles. The number of hydrogen-bond acceptors (Lipinski definition) is 4. The van der Waals surface area contributed by atoms with Crippen LogP contribution in [0.5, 0.6) is 0 Å². The highest BCUT2D eigenvalue weighted by molar-refractivity contribution is 6.02. The zero-order valence-electron chi connectivity index (χ0n) is 14.1. The van der Waals surface area contributed by atoms with Gasteiger partial charge in [-0.25, -0.2) is 9.97 Å². The molecule has 0 aliphatic heterocycles. The van der Waals surface area contributed by atoms with Crippen molar-refractivity contribution in [2.75, 3.05) is 5.32 Å². The molecule has 0 spiro atoms. The summed E-state index contributed by atoms with van der Waals surface area (Å²) in [6.07, 6.45) is 0.899. The number of rotatable bonds is 2. The zero-order valence-corrected chi connectivity index (χ0v) is 14.1. The largest absolute Gasteiger partial charge is 0.434 e. The Hall–Kier alpha value is -2.51. The molecule has 5 nitrogen and oxygen atoms in total. The van der Waals surface area contributed by atoms with Gasteiger partial charge in [0.25, 0.3) is 5.91 Å². The van der Waals surface area contributed by atoms with Gasteiger partial charge in [-0.15, -0.1) is 0 Å². The minimum absolute atomic E-state index is 0.204. The van der Waals surface area contributed by atoms with Crippen molar-refractivity contribution in [1.29, 1.82) is 0 Å². The molecule has 1 amide bonds. The lowest BCUT2D eigenvalue weighted by atomic mass is 10.3. The fourth-order valence-corrected chi connectivity index (χ4v) is 1.22. The maximum absolute atomic E-state index is 12.3. The number of alkyl halides is 3. The van der Waals surface area contributed by atoms with Crippen LogP contribution in [0.3, 0.4) is 0 Å². The fourth-order valence-electron chi connectivity index (χ4n) is 1.22. The lowest BCUT2D eigenvalue weighted by Gasteiger charge is -2.06. The molecule has 0 fully saturated rings. The van der Waals surface area contributed by atoms with Gasteiger partial charge in [0, 0.05) is 18.1 Å². The van der Waals surface area contributed by atoms with Gasteiger partial charge < -0.3 is 5.32 Å². The van der Waals surface area contributed by atoms with Gasteiger partial charge in [0.2, 0.25) is 0 Å². The Bertz CT molecular complexity index is 587. The molecule has 0 bridgehead atoms. The quantitative estimate of drug-likeness (QED) is 0.867. The van der Waals surface area contributed by atoms with Crippen LogP contribution >= 0.6 is 0 Å². The van der Waals surface area contributed by atoms with E-state index in [2.05, 4.69) is 34.1 Å². The zero-order chi connectivity index (χ0) is 18.6. The molecular formula is C16H21F3N4O. The van der Waals surface area contributed by atoms with E-state index in [-0.39, 0.29) is 5.69 Å². The highest BCUT2D eigenvalue weighted by atomic mass is 19.4. The normalized spacial score (nSPS) is 9.79. The number of aromatic nitrogens is 3. The monoisotopic (exact) mass is 342 g/mol. The molecule has 24 heavy (non-hydrogen) atoms. The third-order valence-corrected chi connectivity index (χ3v) is 2.11. The number of carbonyl (C=O) groups excluding carboxylic acids is 1. The Balaban J connectivity index is 0.000000952. The topological polar surface area (TPSA) is 67.8 Å². The van der Waals surface area contributed by atoms with Crippen LogP contribution in [0, 0.1) is 0 Å². The average Bonchev–Trinajstić information content (AvgIpc) is 2.58. The summed E-state index contributed by atoms with van der Waals surface area (Å²) in [5, 5.41) is 2.45. The molecule has 8 heteroatoms.